The lowest BCUT2D eigenvalue weighted by atomic mass is 9.97. The highest BCUT2D eigenvalue weighted by molar-refractivity contribution is 5.80. The Kier molecular flexibility index (Phi) is 5.40. The number of ether oxygens (including phenoxy) is 2. The molecular weight excluding hydrogens is 370 g/mol. The van der Waals surface area contributed by atoms with E-state index in [9.17, 15) is 4.79 Å². The van der Waals surface area contributed by atoms with Gasteiger partial charge in [0.2, 0.25) is 5.91 Å². The maximum atomic E-state index is 13.0. The molecule has 3 heterocycles. The van der Waals surface area contributed by atoms with Crippen LogP contribution in [0.25, 0.3) is 5.69 Å². The van der Waals surface area contributed by atoms with Gasteiger partial charge in [-0.05, 0) is 50.6 Å². The molecule has 3 atom stereocenters. The smallest absolute Gasteiger partial charge is 0.226 e. The molecule has 7 heteroatoms. The summed E-state index contributed by atoms with van der Waals surface area (Å²) in [7, 11) is 1.63. The lowest BCUT2D eigenvalue weighted by molar-refractivity contribution is -0.127. The summed E-state index contributed by atoms with van der Waals surface area (Å²) in [5.74, 6) is 1.91. The first-order valence-electron chi connectivity index (χ1n) is 9.74. The van der Waals surface area contributed by atoms with Gasteiger partial charge < -0.3 is 19.2 Å². The highest BCUT2D eigenvalue weighted by Gasteiger charge is 2.38. The van der Waals surface area contributed by atoms with E-state index in [0.29, 0.717) is 18.8 Å². The molecule has 1 unspecified atom stereocenters. The first-order chi connectivity index (χ1) is 14.1. The topological polar surface area (TPSA) is 78.5 Å². The van der Waals surface area contributed by atoms with E-state index in [0.717, 1.165) is 22.9 Å². The molecule has 1 aromatic carbocycles. The Hall–Kier alpha value is -3.06. The lowest BCUT2D eigenvalue weighted by Crippen LogP contribution is -2.34. The Morgan fingerprint density at radius 1 is 1.28 bits per heavy atom. The van der Waals surface area contributed by atoms with Crippen molar-refractivity contribution in [1.82, 2.24) is 15.1 Å². The third-order valence-electron chi connectivity index (χ3n) is 5.25. The normalized spacial score (nSPS) is 19.8. The highest BCUT2D eigenvalue weighted by Crippen LogP contribution is 2.37. The number of amides is 1. The van der Waals surface area contributed by atoms with E-state index < -0.39 is 0 Å². The van der Waals surface area contributed by atoms with Gasteiger partial charge in [-0.1, -0.05) is 12.1 Å². The van der Waals surface area contributed by atoms with Crippen LogP contribution in [0.5, 0.6) is 5.75 Å². The molecule has 1 N–H and O–H groups in total. The van der Waals surface area contributed by atoms with Crippen LogP contribution in [0, 0.1) is 12.8 Å². The maximum absolute atomic E-state index is 13.0. The summed E-state index contributed by atoms with van der Waals surface area (Å²) in [5, 5.41) is 7.51. The van der Waals surface area contributed by atoms with Crippen LogP contribution >= 0.6 is 0 Å². The minimum absolute atomic E-state index is 0.0539. The van der Waals surface area contributed by atoms with Gasteiger partial charge in [-0.2, -0.15) is 5.10 Å². The first-order valence-corrected chi connectivity index (χ1v) is 9.74. The largest absolute Gasteiger partial charge is 0.494 e. The molecule has 0 aliphatic carbocycles. The Morgan fingerprint density at radius 2 is 2.10 bits per heavy atom. The molecule has 1 aliphatic rings. The van der Waals surface area contributed by atoms with E-state index in [1.807, 2.05) is 56.3 Å². The van der Waals surface area contributed by atoms with Crippen LogP contribution in [-0.2, 0) is 9.53 Å². The van der Waals surface area contributed by atoms with Gasteiger partial charge in [0.25, 0.3) is 0 Å². The van der Waals surface area contributed by atoms with Crippen LogP contribution in [0.2, 0.25) is 0 Å². The van der Waals surface area contributed by atoms with E-state index in [1.54, 1.807) is 18.0 Å². The van der Waals surface area contributed by atoms with Gasteiger partial charge in [-0.15, -0.1) is 0 Å². The summed E-state index contributed by atoms with van der Waals surface area (Å²) >= 11 is 0. The Morgan fingerprint density at radius 3 is 2.86 bits per heavy atom. The van der Waals surface area contributed by atoms with Crippen molar-refractivity contribution in [1.29, 1.82) is 0 Å². The second-order valence-corrected chi connectivity index (χ2v) is 7.20. The number of methoxy groups -OCH3 is 1. The number of para-hydroxylation sites is 2. The van der Waals surface area contributed by atoms with Gasteiger partial charge in [0, 0.05) is 12.8 Å². The van der Waals surface area contributed by atoms with E-state index in [1.165, 1.54) is 0 Å². The van der Waals surface area contributed by atoms with Crippen LogP contribution in [0.4, 0.5) is 0 Å². The van der Waals surface area contributed by atoms with E-state index in [4.69, 9.17) is 13.9 Å². The predicted molar refractivity (Wildman–Crippen MR) is 107 cm³/mol. The second-order valence-electron chi connectivity index (χ2n) is 7.20. The quantitative estimate of drug-likeness (QED) is 0.688. The molecular formula is C22H25N3O4. The van der Waals surface area contributed by atoms with Gasteiger partial charge in [-0.3, -0.25) is 4.79 Å². The number of rotatable bonds is 6. The molecule has 152 valence electrons. The first kappa shape index (κ1) is 19.3. The average molecular weight is 395 g/mol. The molecule has 1 aliphatic heterocycles. The third-order valence-corrected chi connectivity index (χ3v) is 5.25. The SMILES string of the molecule is COc1ccccc1-n1nccc1[C@H]1OCC[C@@H]1C(=O)NC(C)c1ccc(C)o1. The average Bonchev–Trinajstić information content (AvgIpc) is 3.47. The molecule has 0 spiro atoms. The van der Waals surface area contributed by atoms with Crippen molar-refractivity contribution in [3.63, 3.8) is 0 Å². The van der Waals surface area contributed by atoms with Crippen LogP contribution in [0.15, 0.2) is 53.1 Å². The van der Waals surface area contributed by atoms with Crippen molar-refractivity contribution in [3.8, 4) is 11.4 Å². The van der Waals surface area contributed by atoms with E-state index in [2.05, 4.69) is 10.4 Å². The molecule has 3 aromatic rings. The zero-order valence-corrected chi connectivity index (χ0v) is 16.8. The number of carbonyl (C=O) groups excluding carboxylic acids is 1. The molecule has 7 nitrogen and oxygen atoms in total. The predicted octanol–water partition coefficient (Wildman–Crippen LogP) is 3.74. The second kappa shape index (κ2) is 8.13. The fraction of sp³-hybridized carbons (Fsp3) is 0.364. The van der Waals surface area contributed by atoms with Crippen LogP contribution < -0.4 is 10.1 Å². The zero-order valence-electron chi connectivity index (χ0n) is 16.8. The van der Waals surface area contributed by atoms with Gasteiger partial charge in [0.05, 0.1) is 24.8 Å². The van der Waals surface area contributed by atoms with Crippen molar-refractivity contribution in [2.24, 2.45) is 5.92 Å². The highest BCUT2D eigenvalue weighted by atomic mass is 16.5. The molecule has 0 bridgehead atoms. The van der Waals surface area contributed by atoms with Crippen molar-refractivity contribution in [2.75, 3.05) is 13.7 Å². The molecule has 0 radical (unpaired) electrons. The Bertz CT molecular complexity index is 993. The standard InChI is InChI=1S/C22H25N3O4/c1-14-8-9-19(29-14)15(2)24-22(26)16-11-13-28-21(16)18-10-12-23-25(18)17-6-4-5-7-20(17)27-3/h4-10,12,15-16,21H,11,13H2,1-3H3,(H,24,26)/t15?,16-,21-/m0/s1. The summed E-state index contributed by atoms with van der Waals surface area (Å²) in [6, 6.07) is 13.1. The Labute approximate surface area is 169 Å². The van der Waals surface area contributed by atoms with Gasteiger partial charge in [0.15, 0.2) is 0 Å². The molecule has 29 heavy (non-hydrogen) atoms. The molecule has 2 aromatic heterocycles. The number of aryl methyl sites for hydroxylation is 1. The summed E-state index contributed by atoms with van der Waals surface area (Å²) in [5.41, 5.74) is 1.64. The minimum atomic E-state index is -0.382. The van der Waals surface area contributed by atoms with Crippen molar-refractivity contribution in [2.45, 2.75) is 32.4 Å². The summed E-state index contributed by atoms with van der Waals surface area (Å²) < 4.78 is 18.9. The number of benzene rings is 1. The molecule has 0 saturated carbocycles. The van der Waals surface area contributed by atoms with Crippen molar-refractivity contribution >= 4 is 5.91 Å². The number of aromatic nitrogens is 2. The zero-order chi connectivity index (χ0) is 20.4. The number of furan rings is 1. The number of hydrogen-bond donors (Lipinski definition) is 1. The summed E-state index contributed by atoms with van der Waals surface area (Å²) in [6.07, 6.45) is 1.98. The van der Waals surface area contributed by atoms with Gasteiger partial charge in [0.1, 0.15) is 29.1 Å². The summed E-state index contributed by atoms with van der Waals surface area (Å²) in [6.45, 7) is 4.33. The van der Waals surface area contributed by atoms with Crippen LogP contribution in [0.3, 0.4) is 0 Å². The number of carbonyl (C=O) groups is 1. The third kappa shape index (κ3) is 3.78. The molecule has 4 rings (SSSR count). The fourth-order valence-corrected chi connectivity index (χ4v) is 3.76. The number of nitrogens with one attached hydrogen (secondary N) is 1. The minimum Gasteiger partial charge on any atom is -0.494 e. The number of nitrogens with zero attached hydrogens (tertiary/aromatic N) is 2. The molecule has 1 amide bonds. The fourth-order valence-electron chi connectivity index (χ4n) is 3.76. The Balaban J connectivity index is 1.56. The van der Waals surface area contributed by atoms with E-state index >= 15 is 0 Å². The van der Waals surface area contributed by atoms with Gasteiger partial charge in [-0.25, -0.2) is 4.68 Å². The van der Waals surface area contributed by atoms with Crippen molar-refractivity contribution in [3.05, 3.63) is 65.9 Å². The van der Waals surface area contributed by atoms with Gasteiger partial charge >= 0.3 is 0 Å². The maximum Gasteiger partial charge on any atom is 0.226 e. The van der Waals surface area contributed by atoms with E-state index in [-0.39, 0.29) is 24.0 Å². The monoisotopic (exact) mass is 395 g/mol. The molecule has 1 fully saturated rings. The van der Waals surface area contributed by atoms with Crippen molar-refractivity contribution < 1.29 is 18.7 Å². The lowest BCUT2D eigenvalue weighted by Gasteiger charge is -2.21. The number of hydrogen-bond acceptors (Lipinski definition) is 5. The van der Waals surface area contributed by atoms with Crippen LogP contribution in [0.1, 0.15) is 42.7 Å². The van der Waals surface area contributed by atoms with Crippen LogP contribution in [-0.4, -0.2) is 29.4 Å². The summed E-state index contributed by atoms with van der Waals surface area (Å²) in [4.78, 5) is 13.0. The molecule has 1 saturated heterocycles.